The van der Waals surface area contributed by atoms with Crippen molar-refractivity contribution in [2.24, 2.45) is 0 Å². The number of rotatable bonds is 6. The summed E-state index contributed by atoms with van der Waals surface area (Å²) >= 11 is 1.84. The van der Waals surface area contributed by atoms with E-state index in [0.29, 0.717) is 12.2 Å². The molecule has 3 aromatic rings. The molecule has 0 radical (unpaired) electrons. The quantitative estimate of drug-likeness (QED) is 0.616. The number of nitrogens with one attached hydrogen (secondary N) is 2. The molecule has 1 heterocycles. The summed E-state index contributed by atoms with van der Waals surface area (Å²) in [5, 5.41) is 11.0. The van der Waals surface area contributed by atoms with Gasteiger partial charge in [-0.25, -0.2) is 0 Å². The van der Waals surface area contributed by atoms with Crippen LogP contribution in [0, 0.1) is 0 Å². The predicted octanol–water partition coefficient (Wildman–Crippen LogP) is 5.08. The van der Waals surface area contributed by atoms with Crippen LogP contribution >= 0.6 is 11.8 Å². The number of anilines is 1. The molecule has 1 amide bonds. The second-order valence-corrected chi connectivity index (χ2v) is 6.93. The van der Waals surface area contributed by atoms with Crippen molar-refractivity contribution in [1.29, 1.82) is 0 Å². The zero-order valence-corrected chi connectivity index (χ0v) is 14.7. The lowest BCUT2D eigenvalue weighted by Crippen LogP contribution is -2.10. The van der Waals surface area contributed by atoms with E-state index in [2.05, 4.69) is 58.8 Å². The van der Waals surface area contributed by atoms with Gasteiger partial charge in [0.2, 0.25) is 5.91 Å². The first kappa shape index (κ1) is 16.6. The van der Waals surface area contributed by atoms with Crippen molar-refractivity contribution in [3.63, 3.8) is 0 Å². The van der Waals surface area contributed by atoms with Crippen LogP contribution < -0.4 is 5.32 Å². The first-order valence-corrected chi connectivity index (χ1v) is 9.21. The number of carbonyl (C=O) groups excluding carboxylic acids is 1. The van der Waals surface area contributed by atoms with Crippen LogP contribution in [0.1, 0.15) is 26.7 Å². The fourth-order valence-corrected chi connectivity index (χ4v) is 3.29. The molecule has 24 heavy (non-hydrogen) atoms. The Balaban J connectivity index is 1.85. The minimum Gasteiger partial charge on any atom is -0.309 e. The van der Waals surface area contributed by atoms with Crippen molar-refractivity contribution in [3.8, 4) is 11.1 Å². The summed E-state index contributed by atoms with van der Waals surface area (Å²) in [6.45, 7) is 4.14. The van der Waals surface area contributed by atoms with Crippen molar-refractivity contribution >= 4 is 34.4 Å². The van der Waals surface area contributed by atoms with E-state index in [1.54, 1.807) is 0 Å². The largest absolute Gasteiger partial charge is 0.309 e. The molecule has 2 aromatic carbocycles. The van der Waals surface area contributed by atoms with E-state index in [4.69, 9.17) is 0 Å². The normalized spacial score (nSPS) is 10.9. The molecule has 5 heteroatoms. The maximum Gasteiger partial charge on any atom is 0.225 e. The fourth-order valence-electron chi connectivity index (χ4n) is 2.63. The molecule has 2 N–H and O–H groups in total. The van der Waals surface area contributed by atoms with E-state index in [-0.39, 0.29) is 5.91 Å². The highest BCUT2D eigenvalue weighted by Gasteiger charge is 2.10. The maximum absolute atomic E-state index is 11.8. The standard InChI is InChI=1S/C19H21N3OS/c1-3-5-18(23)20-19-16-11-8-14(12-17(16)21-22-19)13-6-9-15(10-7-13)24-4-2/h6-12H,3-5H2,1-2H3,(H2,20,21,22,23). The number of hydrogen-bond donors (Lipinski definition) is 2. The Hall–Kier alpha value is -2.27. The van der Waals surface area contributed by atoms with Crippen LogP contribution in [0.15, 0.2) is 47.4 Å². The van der Waals surface area contributed by atoms with Crippen molar-refractivity contribution in [2.75, 3.05) is 11.1 Å². The first-order chi connectivity index (χ1) is 11.7. The molecule has 0 fully saturated rings. The van der Waals surface area contributed by atoms with Gasteiger partial charge in [0.05, 0.1) is 5.52 Å². The van der Waals surface area contributed by atoms with Gasteiger partial charge in [0, 0.05) is 16.7 Å². The second-order valence-electron chi connectivity index (χ2n) is 5.59. The van der Waals surface area contributed by atoms with E-state index in [1.165, 1.54) is 10.5 Å². The number of amides is 1. The molecule has 3 rings (SSSR count). The summed E-state index contributed by atoms with van der Waals surface area (Å²) in [6.07, 6.45) is 1.33. The lowest BCUT2D eigenvalue weighted by Gasteiger charge is -2.05. The van der Waals surface area contributed by atoms with Crippen molar-refractivity contribution in [3.05, 3.63) is 42.5 Å². The third kappa shape index (κ3) is 3.62. The molecule has 0 atom stereocenters. The molecular weight excluding hydrogens is 318 g/mol. The van der Waals surface area contributed by atoms with Gasteiger partial charge in [-0.15, -0.1) is 11.8 Å². The summed E-state index contributed by atoms with van der Waals surface area (Å²) < 4.78 is 0. The van der Waals surface area contributed by atoms with Crippen molar-refractivity contribution in [1.82, 2.24) is 10.2 Å². The lowest BCUT2D eigenvalue weighted by molar-refractivity contribution is -0.116. The number of benzene rings is 2. The second kappa shape index (κ2) is 7.53. The van der Waals surface area contributed by atoms with Crippen LogP contribution in [-0.2, 0) is 4.79 Å². The highest BCUT2D eigenvalue weighted by atomic mass is 32.2. The predicted molar refractivity (Wildman–Crippen MR) is 101 cm³/mol. The van der Waals surface area contributed by atoms with Crippen LogP contribution in [-0.4, -0.2) is 21.9 Å². The molecule has 0 saturated carbocycles. The Morgan fingerprint density at radius 3 is 2.58 bits per heavy atom. The molecule has 0 bridgehead atoms. The number of nitrogens with zero attached hydrogens (tertiary/aromatic N) is 1. The number of fused-ring (bicyclic) bond motifs is 1. The minimum atomic E-state index is -0.000936. The van der Waals surface area contributed by atoms with Gasteiger partial charge in [0.25, 0.3) is 0 Å². The summed E-state index contributed by atoms with van der Waals surface area (Å²) in [4.78, 5) is 13.0. The topological polar surface area (TPSA) is 57.8 Å². The van der Waals surface area contributed by atoms with Crippen molar-refractivity contribution < 1.29 is 4.79 Å². The Kier molecular flexibility index (Phi) is 5.20. The SMILES string of the molecule is CCCC(=O)Nc1n[nH]c2cc(-c3ccc(SCC)cc3)ccc12. The van der Waals surface area contributed by atoms with Gasteiger partial charge < -0.3 is 5.32 Å². The Morgan fingerprint density at radius 1 is 1.12 bits per heavy atom. The lowest BCUT2D eigenvalue weighted by atomic mass is 10.0. The van der Waals surface area contributed by atoms with Gasteiger partial charge >= 0.3 is 0 Å². The highest BCUT2D eigenvalue weighted by molar-refractivity contribution is 7.99. The molecule has 0 saturated heterocycles. The maximum atomic E-state index is 11.8. The average Bonchev–Trinajstić information content (AvgIpc) is 2.98. The number of carbonyl (C=O) groups is 1. The Labute approximate surface area is 146 Å². The molecule has 0 aliphatic heterocycles. The fraction of sp³-hybridized carbons (Fsp3) is 0.263. The molecule has 124 valence electrons. The zero-order valence-electron chi connectivity index (χ0n) is 13.9. The smallest absolute Gasteiger partial charge is 0.225 e. The van der Waals surface area contributed by atoms with Gasteiger partial charge in [0.15, 0.2) is 5.82 Å². The molecular formula is C19H21N3OS. The molecule has 0 aliphatic carbocycles. The number of aromatic nitrogens is 2. The Bertz CT molecular complexity index is 839. The van der Waals surface area contributed by atoms with Gasteiger partial charge in [-0.3, -0.25) is 9.89 Å². The van der Waals surface area contributed by atoms with E-state index in [9.17, 15) is 4.79 Å². The number of aromatic amines is 1. The molecule has 0 unspecified atom stereocenters. The van der Waals surface area contributed by atoms with E-state index in [0.717, 1.165) is 28.6 Å². The minimum absolute atomic E-state index is 0.000936. The first-order valence-electron chi connectivity index (χ1n) is 8.22. The number of thioether (sulfide) groups is 1. The zero-order chi connectivity index (χ0) is 16.9. The van der Waals surface area contributed by atoms with E-state index < -0.39 is 0 Å². The monoisotopic (exact) mass is 339 g/mol. The summed E-state index contributed by atoms with van der Waals surface area (Å²) in [6, 6.07) is 14.7. The van der Waals surface area contributed by atoms with Crippen LogP contribution in [0.3, 0.4) is 0 Å². The highest BCUT2D eigenvalue weighted by Crippen LogP contribution is 2.28. The van der Waals surface area contributed by atoms with E-state index in [1.807, 2.05) is 24.8 Å². The number of hydrogen-bond acceptors (Lipinski definition) is 3. The van der Waals surface area contributed by atoms with Crippen LogP contribution in [0.25, 0.3) is 22.0 Å². The van der Waals surface area contributed by atoms with Gasteiger partial charge in [0.1, 0.15) is 0 Å². The van der Waals surface area contributed by atoms with Crippen LogP contribution in [0.4, 0.5) is 5.82 Å². The molecule has 0 spiro atoms. The third-order valence-electron chi connectivity index (χ3n) is 3.80. The summed E-state index contributed by atoms with van der Waals surface area (Å²) in [5.41, 5.74) is 3.22. The number of H-pyrrole nitrogens is 1. The van der Waals surface area contributed by atoms with Crippen LogP contribution in [0.2, 0.25) is 0 Å². The van der Waals surface area contributed by atoms with Crippen LogP contribution in [0.5, 0.6) is 0 Å². The third-order valence-corrected chi connectivity index (χ3v) is 4.69. The van der Waals surface area contributed by atoms with Gasteiger partial charge in [-0.2, -0.15) is 5.10 Å². The van der Waals surface area contributed by atoms with Crippen molar-refractivity contribution in [2.45, 2.75) is 31.6 Å². The molecule has 4 nitrogen and oxygen atoms in total. The van der Waals surface area contributed by atoms with E-state index >= 15 is 0 Å². The summed E-state index contributed by atoms with van der Waals surface area (Å²) in [5.74, 6) is 1.68. The Morgan fingerprint density at radius 2 is 1.88 bits per heavy atom. The molecule has 0 aliphatic rings. The summed E-state index contributed by atoms with van der Waals surface area (Å²) in [7, 11) is 0. The van der Waals surface area contributed by atoms with Gasteiger partial charge in [-0.1, -0.05) is 32.0 Å². The molecule has 1 aromatic heterocycles. The van der Waals surface area contributed by atoms with Gasteiger partial charge in [-0.05, 0) is 47.6 Å². The average molecular weight is 339 g/mol.